The summed E-state index contributed by atoms with van der Waals surface area (Å²) in [6.07, 6.45) is 1.66. The second-order valence-electron chi connectivity index (χ2n) is 8.29. The lowest BCUT2D eigenvalue weighted by Crippen LogP contribution is -2.35. The minimum Gasteiger partial charge on any atom is -0.507 e. The fourth-order valence-corrected chi connectivity index (χ4v) is 3.78. The van der Waals surface area contributed by atoms with E-state index in [0.29, 0.717) is 31.0 Å². The average Bonchev–Trinajstić information content (AvgIpc) is 3.01. The maximum atomic E-state index is 13.1. The Kier molecular flexibility index (Phi) is 7.15. The Morgan fingerprint density at radius 3 is 2.44 bits per heavy atom. The van der Waals surface area contributed by atoms with E-state index in [4.69, 9.17) is 4.74 Å². The van der Waals surface area contributed by atoms with Gasteiger partial charge in [0.2, 0.25) is 0 Å². The molecule has 0 spiro atoms. The molecule has 2 aromatic carbocycles. The summed E-state index contributed by atoms with van der Waals surface area (Å²) in [5, 5.41) is 11.2. The summed E-state index contributed by atoms with van der Waals surface area (Å²) in [4.78, 5) is 29.5. The number of carbonyl (C=O) groups excluding carboxylic acids is 2. The van der Waals surface area contributed by atoms with E-state index in [9.17, 15) is 14.7 Å². The Hall–Kier alpha value is -3.38. The Balaban J connectivity index is 2.09. The van der Waals surface area contributed by atoms with Gasteiger partial charge in [0.15, 0.2) is 0 Å². The van der Waals surface area contributed by atoms with E-state index >= 15 is 0 Å². The molecule has 1 heterocycles. The number of ketones is 1. The molecular weight excluding hydrogens is 404 g/mol. The van der Waals surface area contributed by atoms with Gasteiger partial charge < -0.3 is 19.6 Å². The van der Waals surface area contributed by atoms with Crippen molar-refractivity contribution >= 4 is 17.4 Å². The van der Waals surface area contributed by atoms with Crippen LogP contribution in [0.4, 0.5) is 0 Å². The van der Waals surface area contributed by atoms with Crippen LogP contribution in [0.5, 0.6) is 5.75 Å². The summed E-state index contributed by atoms with van der Waals surface area (Å²) in [5.74, 6) is -0.777. The predicted octanol–water partition coefficient (Wildman–Crippen LogP) is 3.85. The van der Waals surface area contributed by atoms with Crippen molar-refractivity contribution in [3.05, 3.63) is 82.9 Å². The molecule has 1 unspecified atom stereocenters. The van der Waals surface area contributed by atoms with Crippen LogP contribution in [0.25, 0.3) is 5.76 Å². The highest BCUT2D eigenvalue weighted by Crippen LogP contribution is 2.39. The second-order valence-corrected chi connectivity index (χ2v) is 8.29. The molecule has 1 saturated heterocycles. The highest BCUT2D eigenvalue weighted by molar-refractivity contribution is 6.46. The lowest BCUT2D eigenvalue weighted by molar-refractivity contribution is -0.140. The molecule has 3 rings (SSSR count). The fourth-order valence-electron chi connectivity index (χ4n) is 3.78. The molecule has 0 saturated carbocycles. The van der Waals surface area contributed by atoms with Crippen molar-refractivity contribution in [3.63, 3.8) is 0 Å². The number of hydrogen-bond acceptors (Lipinski definition) is 5. The van der Waals surface area contributed by atoms with Gasteiger partial charge in [-0.05, 0) is 57.3 Å². The first-order chi connectivity index (χ1) is 15.2. The van der Waals surface area contributed by atoms with Crippen LogP contribution < -0.4 is 4.74 Å². The van der Waals surface area contributed by atoms with Crippen LogP contribution in [0, 0.1) is 13.8 Å². The van der Waals surface area contributed by atoms with Gasteiger partial charge in [0.05, 0.1) is 11.6 Å². The van der Waals surface area contributed by atoms with Gasteiger partial charge in [-0.2, -0.15) is 0 Å². The highest BCUT2D eigenvalue weighted by atomic mass is 16.5. The van der Waals surface area contributed by atoms with Crippen LogP contribution in [-0.2, 0) is 9.59 Å². The largest absolute Gasteiger partial charge is 0.507 e. The van der Waals surface area contributed by atoms with E-state index < -0.39 is 17.7 Å². The molecule has 1 N–H and O–H groups in total. The molecule has 1 fully saturated rings. The normalized spacial score (nSPS) is 17.8. The minimum absolute atomic E-state index is 0.108. The van der Waals surface area contributed by atoms with Crippen LogP contribution in [0.15, 0.2) is 60.7 Å². The molecule has 0 radical (unpaired) electrons. The molecule has 2 aromatic rings. The van der Waals surface area contributed by atoms with Crippen LogP contribution >= 0.6 is 0 Å². The molecular formula is C26H30N2O4. The first kappa shape index (κ1) is 23.3. The molecule has 1 aliphatic rings. The van der Waals surface area contributed by atoms with Crippen molar-refractivity contribution in [1.82, 2.24) is 9.80 Å². The number of Topliss-reactive ketones (excluding diaryl/α,β-unsaturated/α-hetero) is 1. The van der Waals surface area contributed by atoms with Gasteiger partial charge in [0, 0.05) is 18.7 Å². The number of benzene rings is 2. The maximum absolute atomic E-state index is 13.1. The molecule has 0 aromatic heterocycles. The Bertz CT molecular complexity index is 1050. The van der Waals surface area contributed by atoms with Gasteiger partial charge in [0.1, 0.15) is 18.1 Å². The predicted molar refractivity (Wildman–Crippen MR) is 126 cm³/mol. The summed E-state index contributed by atoms with van der Waals surface area (Å²) in [7, 11) is 3.83. The van der Waals surface area contributed by atoms with Gasteiger partial charge in [-0.1, -0.05) is 42.5 Å². The Morgan fingerprint density at radius 1 is 1.16 bits per heavy atom. The fraction of sp³-hybridized carbons (Fsp3) is 0.308. The molecule has 0 aliphatic carbocycles. The molecule has 32 heavy (non-hydrogen) atoms. The topological polar surface area (TPSA) is 70.1 Å². The van der Waals surface area contributed by atoms with Gasteiger partial charge in [0.25, 0.3) is 11.7 Å². The average molecular weight is 435 g/mol. The van der Waals surface area contributed by atoms with E-state index in [0.717, 1.165) is 16.7 Å². The Morgan fingerprint density at radius 2 is 1.84 bits per heavy atom. The third-order valence-corrected chi connectivity index (χ3v) is 5.53. The van der Waals surface area contributed by atoms with Crippen molar-refractivity contribution in [2.75, 3.05) is 33.8 Å². The number of aliphatic hydroxyl groups is 1. The monoisotopic (exact) mass is 434 g/mol. The van der Waals surface area contributed by atoms with Crippen molar-refractivity contribution in [1.29, 1.82) is 0 Å². The molecule has 1 aliphatic heterocycles. The number of nitrogens with zero attached hydrogens (tertiary/aromatic N) is 2. The van der Waals surface area contributed by atoms with Crippen molar-refractivity contribution in [2.45, 2.75) is 19.9 Å². The summed E-state index contributed by atoms with van der Waals surface area (Å²) in [6.45, 7) is 8.83. The summed E-state index contributed by atoms with van der Waals surface area (Å²) in [5.41, 5.74) is 3.25. The van der Waals surface area contributed by atoms with Crippen molar-refractivity contribution in [2.24, 2.45) is 0 Å². The van der Waals surface area contributed by atoms with Crippen LogP contribution in [0.3, 0.4) is 0 Å². The van der Waals surface area contributed by atoms with E-state index in [2.05, 4.69) is 6.58 Å². The number of ether oxygens (including phenoxy) is 1. The van der Waals surface area contributed by atoms with Crippen LogP contribution in [-0.4, -0.2) is 60.4 Å². The van der Waals surface area contributed by atoms with Gasteiger partial charge in [-0.3, -0.25) is 9.59 Å². The second kappa shape index (κ2) is 9.83. The number of carbonyl (C=O) groups is 2. The van der Waals surface area contributed by atoms with Gasteiger partial charge >= 0.3 is 0 Å². The third kappa shape index (κ3) is 4.75. The van der Waals surface area contributed by atoms with E-state index in [1.165, 1.54) is 0 Å². The number of likely N-dealkylation sites (N-methyl/N-ethyl adjacent to an activating group) is 1. The molecule has 168 valence electrons. The first-order valence-electron chi connectivity index (χ1n) is 10.6. The summed E-state index contributed by atoms with van der Waals surface area (Å²) in [6, 6.07) is 12.2. The standard InChI is InChI=1S/C26H30N2O4/c1-6-15-32-21-12-11-20(16-18(21)3)24(29)22-23(19-9-7-17(2)8-10-19)28(14-13-27(4)5)26(31)25(22)30/h6-12,16,23,29H,1,13-15H2,2-5H3. The molecule has 1 atom stereocenters. The maximum Gasteiger partial charge on any atom is 0.295 e. The SMILES string of the molecule is C=CCOc1ccc(C(O)=C2C(=O)C(=O)N(CCN(C)C)C2c2ccc(C)cc2)cc1C. The van der Waals surface area contributed by atoms with E-state index in [-0.39, 0.29) is 11.3 Å². The number of rotatable bonds is 8. The molecule has 1 amide bonds. The quantitative estimate of drug-likeness (QED) is 0.296. The van der Waals surface area contributed by atoms with Crippen LogP contribution in [0.2, 0.25) is 0 Å². The van der Waals surface area contributed by atoms with E-state index in [1.807, 2.05) is 57.1 Å². The van der Waals surface area contributed by atoms with Crippen molar-refractivity contribution in [3.8, 4) is 5.75 Å². The first-order valence-corrected chi connectivity index (χ1v) is 10.6. The smallest absolute Gasteiger partial charge is 0.295 e. The zero-order valence-electron chi connectivity index (χ0n) is 19.1. The number of hydrogen-bond donors (Lipinski definition) is 1. The van der Waals surface area contributed by atoms with Crippen molar-refractivity contribution < 1.29 is 19.4 Å². The Labute approximate surface area is 189 Å². The lowest BCUT2D eigenvalue weighted by atomic mass is 9.94. The van der Waals surface area contributed by atoms with Crippen LogP contribution in [0.1, 0.15) is 28.3 Å². The van der Waals surface area contributed by atoms with Gasteiger partial charge in [-0.25, -0.2) is 0 Å². The number of amides is 1. The van der Waals surface area contributed by atoms with Gasteiger partial charge in [-0.15, -0.1) is 0 Å². The summed E-state index contributed by atoms with van der Waals surface area (Å²) < 4.78 is 5.61. The van der Waals surface area contributed by atoms with E-state index in [1.54, 1.807) is 29.2 Å². The number of likely N-dealkylation sites (tertiary alicyclic amines) is 1. The minimum atomic E-state index is -0.670. The zero-order chi connectivity index (χ0) is 23.4. The molecule has 0 bridgehead atoms. The third-order valence-electron chi connectivity index (χ3n) is 5.53. The zero-order valence-corrected chi connectivity index (χ0v) is 19.1. The molecule has 6 heteroatoms. The summed E-state index contributed by atoms with van der Waals surface area (Å²) >= 11 is 0. The number of aryl methyl sites for hydroxylation is 2. The number of aliphatic hydroxyl groups excluding tert-OH is 1. The lowest BCUT2D eigenvalue weighted by Gasteiger charge is -2.26. The molecule has 6 nitrogen and oxygen atoms in total. The highest BCUT2D eigenvalue weighted by Gasteiger charge is 2.45.